The first-order chi connectivity index (χ1) is 14.1. The standard InChI is InChI=1S/C23H23BrO5/c1-14-8-18-19(9-14)22(15-4-6-16(7-5-15)27-12-25-2)29-23-20(18)10-17(11-21(23)24)28-13-26-3/h4-7,10-11,18H,1,8-9,12-13H2,2-3H3/t18-/m1/s1. The molecule has 1 aliphatic heterocycles. The van der Waals surface area contributed by atoms with Crippen molar-refractivity contribution in [2.45, 2.75) is 18.8 Å². The first-order valence-corrected chi connectivity index (χ1v) is 10.1. The largest absolute Gasteiger partial charge is 0.468 e. The third-order valence-corrected chi connectivity index (χ3v) is 5.66. The second kappa shape index (κ2) is 8.61. The zero-order valence-electron chi connectivity index (χ0n) is 16.5. The molecule has 1 atom stereocenters. The van der Waals surface area contributed by atoms with Crippen LogP contribution < -0.4 is 14.2 Å². The molecule has 4 rings (SSSR count). The molecule has 0 amide bonds. The highest BCUT2D eigenvalue weighted by Crippen LogP contribution is 2.54. The highest BCUT2D eigenvalue weighted by Gasteiger charge is 2.36. The van der Waals surface area contributed by atoms with Gasteiger partial charge < -0.3 is 23.7 Å². The number of allylic oxidation sites excluding steroid dienone is 2. The Morgan fingerprint density at radius 1 is 1.03 bits per heavy atom. The third kappa shape index (κ3) is 4.06. The Kier molecular flexibility index (Phi) is 5.94. The molecule has 0 unspecified atom stereocenters. The average Bonchev–Trinajstić information content (AvgIpc) is 3.12. The molecular formula is C23H23BrO5. The highest BCUT2D eigenvalue weighted by molar-refractivity contribution is 9.10. The fourth-order valence-corrected chi connectivity index (χ4v) is 4.36. The second-order valence-corrected chi connectivity index (χ2v) is 7.94. The molecule has 6 heteroatoms. The Morgan fingerprint density at radius 3 is 2.41 bits per heavy atom. The monoisotopic (exact) mass is 458 g/mol. The topological polar surface area (TPSA) is 46.2 Å². The molecule has 1 fully saturated rings. The van der Waals surface area contributed by atoms with E-state index in [-0.39, 0.29) is 19.5 Å². The maximum Gasteiger partial charge on any atom is 0.188 e. The molecular weight excluding hydrogens is 436 g/mol. The molecule has 29 heavy (non-hydrogen) atoms. The molecule has 1 aliphatic carbocycles. The van der Waals surface area contributed by atoms with Crippen molar-refractivity contribution < 1.29 is 23.7 Å². The molecule has 0 saturated heterocycles. The summed E-state index contributed by atoms with van der Waals surface area (Å²) >= 11 is 3.65. The van der Waals surface area contributed by atoms with Gasteiger partial charge in [-0.05, 0) is 70.7 Å². The number of hydrogen-bond acceptors (Lipinski definition) is 5. The summed E-state index contributed by atoms with van der Waals surface area (Å²) in [5.41, 5.74) is 4.59. The minimum Gasteiger partial charge on any atom is -0.468 e. The Balaban J connectivity index is 1.71. The average molecular weight is 459 g/mol. The molecule has 5 nitrogen and oxygen atoms in total. The summed E-state index contributed by atoms with van der Waals surface area (Å²) in [6, 6.07) is 11.8. The van der Waals surface area contributed by atoms with Crippen LogP contribution in [0.4, 0.5) is 0 Å². The third-order valence-electron chi connectivity index (χ3n) is 5.07. The lowest BCUT2D eigenvalue weighted by atomic mass is 9.88. The summed E-state index contributed by atoms with van der Waals surface area (Å²) in [7, 11) is 3.21. The molecule has 152 valence electrons. The lowest BCUT2D eigenvalue weighted by Gasteiger charge is -2.28. The van der Waals surface area contributed by atoms with Crippen LogP contribution in [0.1, 0.15) is 29.9 Å². The van der Waals surface area contributed by atoms with Crippen molar-refractivity contribution in [2.24, 2.45) is 0 Å². The van der Waals surface area contributed by atoms with Crippen molar-refractivity contribution in [1.82, 2.24) is 0 Å². The maximum absolute atomic E-state index is 6.43. The molecule has 2 aromatic carbocycles. The van der Waals surface area contributed by atoms with Gasteiger partial charge in [-0.2, -0.15) is 0 Å². The number of halogens is 1. The summed E-state index contributed by atoms with van der Waals surface area (Å²) in [6.45, 7) is 4.66. The van der Waals surface area contributed by atoms with Crippen LogP contribution in [-0.2, 0) is 9.47 Å². The smallest absolute Gasteiger partial charge is 0.188 e. The maximum atomic E-state index is 6.43. The van der Waals surface area contributed by atoms with Crippen LogP contribution >= 0.6 is 15.9 Å². The van der Waals surface area contributed by atoms with Crippen molar-refractivity contribution >= 4 is 21.7 Å². The SMILES string of the molecule is C=C1CC2=C(c3ccc(OCOC)cc3)Oc3c(Br)cc(OCOC)cc3[C@@H]2C1. The first-order valence-electron chi connectivity index (χ1n) is 9.35. The van der Waals surface area contributed by atoms with E-state index in [2.05, 4.69) is 22.5 Å². The fraction of sp³-hybridized carbons (Fsp3) is 0.304. The minimum absolute atomic E-state index is 0.203. The van der Waals surface area contributed by atoms with Gasteiger partial charge in [0.05, 0.1) is 4.47 Å². The summed E-state index contributed by atoms with van der Waals surface area (Å²) < 4.78 is 28.4. The lowest BCUT2D eigenvalue weighted by Crippen LogP contribution is -2.13. The van der Waals surface area contributed by atoms with Gasteiger partial charge in [0.25, 0.3) is 0 Å². The molecule has 0 bridgehead atoms. The van der Waals surface area contributed by atoms with E-state index in [1.807, 2.05) is 36.4 Å². The summed E-state index contributed by atoms with van der Waals surface area (Å²) in [4.78, 5) is 0. The van der Waals surface area contributed by atoms with E-state index < -0.39 is 0 Å². The fourth-order valence-electron chi connectivity index (χ4n) is 3.82. The van der Waals surface area contributed by atoms with Crippen molar-refractivity contribution in [3.8, 4) is 17.2 Å². The Morgan fingerprint density at radius 2 is 1.72 bits per heavy atom. The van der Waals surface area contributed by atoms with Gasteiger partial charge in [-0.15, -0.1) is 0 Å². The van der Waals surface area contributed by atoms with Crippen LogP contribution in [0, 0.1) is 0 Å². The Hall–Kier alpha value is -2.28. The van der Waals surface area contributed by atoms with Crippen LogP contribution in [0.2, 0.25) is 0 Å². The summed E-state index contributed by atoms with van der Waals surface area (Å²) in [6.07, 6.45) is 1.74. The van der Waals surface area contributed by atoms with Gasteiger partial charge in [-0.1, -0.05) is 12.2 Å². The van der Waals surface area contributed by atoms with Crippen LogP contribution in [0.25, 0.3) is 5.76 Å². The predicted octanol–water partition coefficient (Wildman–Crippen LogP) is 5.65. The van der Waals surface area contributed by atoms with Gasteiger partial charge in [-0.3, -0.25) is 0 Å². The lowest BCUT2D eigenvalue weighted by molar-refractivity contribution is 0.0508. The molecule has 1 saturated carbocycles. The quantitative estimate of drug-likeness (QED) is 0.396. The number of ether oxygens (including phenoxy) is 5. The van der Waals surface area contributed by atoms with Crippen LogP contribution in [-0.4, -0.2) is 27.8 Å². The zero-order valence-corrected chi connectivity index (χ0v) is 18.1. The van der Waals surface area contributed by atoms with Crippen molar-refractivity contribution in [2.75, 3.05) is 27.8 Å². The number of methoxy groups -OCH3 is 2. The number of hydrogen-bond donors (Lipinski definition) is 0. The molecule has 1 heterocycles. The Bertz CT molecular complexity index is 948. The van der Waals surface area contributed by atoms with Crippen LogP contribution in [0.5, 0.6) is 17.2 Å². The van der Waals surface area contributed by atoms with Crippen LogP contribution in [0.15, 0.2) is 58.6 Å². The van der Waals surface area contributed by atoms with E-state index in [9.17, 15) is 0 Å². The van der Waals surface area contributed by atoms with E-state index in [0.717, 1.165) is 51.4 Å². The molecule has 0 N–H and O–H groups in total. The van der Waals surface area contributed by atoms with Crippen molar-refractivity contribution in [3.63, 3.8) is 0 Å². The van der Waals surface area contributed by atoms with Gasteiger partial charge in [0.15, 0.2) is 13.6 Å². The molecule has 0 aromatic heterocycles. The number of rotatable bonds is 7. The van der Waals surface area contributed by atoms with Gasteiger partial charge in [0.1, 0.15) is 23.0 Å². The van der Waals surface area contributed by atoms with E-state index in [1.54, 1.807) is 14.2 Å². The highest BCUT2D eigenvalue weighted by atomic mass is 79.9. The predicted molar refractivity (Wildman–Crippen MR) is 114 cm³/mol. The van der Waals surface area contributed by atoms with Gasteiger partial charge in [0, 0.05) is 31.3 Å². The Labute approximate surface area is 179 Å². The number of benzene rings is 2. The van der Waals surface area contributed by atoms with Gasteiger partial charge in [0.2, 0.25) is 0 Å². The summed E-state index contributed by atoms with van der Waals surface area (Å²) in [5, 5.41) is 0. The van der Waals surface area contributed by atoms with Gasteiger partial charge in [-0.25, -0.2) is 0 Å². The number of fused-ring (bicyclic) bond motifs is 3. The van der Waals surface area contributed by atoms with E-state index >= 15 is 0 Å². The van der Waals surface area contributed by atoms with E-state index in [1.165, 1.54) is 11.1 Å². The van der Waals surface area contributed by atoms with Crippen molar-refractivity contribution in [3.05, 3.63) is 69.7 Å². The summed E-state index contributed by atoms with van der Waals surface area (Å²) in [5.74, 6) is 3.46. The molecule has 2 aromatic rings. The first kappa shape index (κ1) is 20.0. The molecule has 2 aliphatic rings. The molecule has 0 radical (unpaired) electrons. The second-order valence-electron chi connectivity index (χ2n) is 7.09. The van der Waals surface area contributed by atoms with Gasteiger partial charge >= 0.3 is 0 Å². The zero-order chi connectivity index (χ0) is 20.4. The molecule has 0 spiro atoms. The normalized spacial score (nSPS) is 17.6. The minimum atomic E-state index is 0.203. The van der Waals surface area contributed by atoms with E-state index in [0.29, 0.717) is 0 Å². The van der Waals surface area contributed by atoms with E-state index in [4.69, 9.17) is 23.7 Å². The van der Waals surface area contributed by atoms with Crippen LogP contribution in [0.3, 0.4) is 0 Å². The van der Waals surface area contributed by atoms with Crippen molar-refractivity contribution in [1.29, 1.82) is 0 Å².